The van der Waals surface area contributed by atoms with Gasteiger partial charge in [-0.3, -0.25) is 9.59 Å². The number of aliphatic hydroxyl groups is 3. The van der Waals surface area contributed by atoms with Gasteiger partial charge in [0.2, 0.25) is 0 Å². The molecule has 0 spiro atoms. The molecular weight excluding hydrogens is 544 g/mol. The number of methoxy groups -OCH3 is 1. The lowest BCUT2D eigenvalue weighted by Crippen LogP contribution is -2.81. The molecule has 1 saturated heterocycles. The zero-order valence-electron chi connectivity index (χ0n) is 25.1. The van der Waals surface area contributed by atoms with Gasteiger partial charge in [0.1, 0.15) is 17.8 Å². The number of aliphatic hydroxyl groups excluding tert-OH is 2. The smallest absolute Gasteiger partial charge is 0.338 e. The Morgan fingerprint density at radius 3 is 2.29 bits per heavy atom. The van der Waals surface area contributed by atoms with Crippen LogP contribution in [-0.2, 0) is 28.5 Å². The van der Waals surface area contributed by atoms with E-state index in [0.29, 0.717) is 11.1 Å². The Balaban J connectivity index is 1.85. The molecule has 42 heavy (non-hydrogen) atoms. The van der Waals surface area contributed by atoms with E-state index in [1.807, 2.05) is 6.92 Å². The van der Waals surface area contributed by atoms with Gasteiger partial charge in [0.15, 0.2) is 11.4 Å². The first-order chi connectivity index (χ1) is 19.7. The Morgan fingerprint density at radius 1 is 1.10 bits per heavy atom. The van der Waals surface area contributed by atoms with Gasteiger partial charge in [0.05, 0.1) is 42.1 Å². The zero-order valence-corrected chi connectivity index (χ0v) is 25.1. The first-order valence-corrected chi connectivity index (χ1v) is 14.5. The minimum Gasteiger partial charge on any atom is -0.455 e. The van der Waals surface area contributed by atoms with Crippen molar-refractivity contribution in [3.8, 4) is 0 Å². The van der Waals surface area contributed by atoms with Crippen molar-refractivity contribution in [1.82, 2.24) is 0 Å². The average Bonchev–Trinajstić information content (AvgIpc) is 2.94. The minimum atomic E-state index is -1.87. The highest BCUT2D eigenvalue weighted by Gasteiger charge is 2.77. The molecule has 10 heteroatoms. The normalized spacial score (nSPS) is 40.5. The van der Waals surface area contributed by atoms with E-state index in [2.05, 4.69) is 0 Å². The van der Waals surface area contributed by atoms with Crippen LogP contribution in [0.5, 0.6) is 0 Å². The maximum Gasteiger partial charge on any atom is 0.338 e. The summed E-state index contributed by atoms with van der Waals surface area (Å²) in [7, 11) is 1.47. The number of hydrogen-bond acceptors (Lipinski definition) is 10. The van der Waals surface area contributed by atoms with Gasteiger partial charge < -0.3 is 34.3 Å². The monoisotopic (exact) mass is 586 g/mol. The van der Waals surface area contributed by atoms with E-state index in [1.165, 1.54) is 14.0 Å². The maximum atomic E-state index is 15.0. The summed E-state index contributed by atoms with van der Waals surface area (Å²) in [6, 6.07) is 8.33. The summed E-state index contributed by atoms with van der Waals surface area (Å²) in [4.78, 5) is 41.4. The first-order valence-electron chi connectivity index (χ1n) is 14.5. The summed E-state index contributed by atoms with van der Waals surface area (Å²) >= 11 is 0. The summed E-state index contributed by atoms with van der Waals surface area (Å²) in [6.07, 6.45) is -2.68. The van der Waals surface area contributed by atoms with Crippen LogP contribution in [0, 0.1) is 28.6 Å². The summed E-state index contributed by atoms with van der Waals surface area (Å²) in [6.45, 7) is 7.35. The van der Waals surface area contributed by atoms with E-state index in [1.54, 1.807) is 51.1 Å². The van der Waals surface area contributed by atoms with Crippen molar-refractivity contribution in [2.75, 3.05) is 26.9 Å². The largest absolute Gasteiger partial charge is 0.455 e. The summed E-state index contributed by atoms with van der Waals surface area (Å²) in [5.41, 5.74) is -4.56. The second-order valence-electron chi connectivity index (χ2n) is 13.1. The molecule has 1 aromatic rings. The van der Waals surface area contributed by atoms with Crippen molar-refractivity contribution in [1.29, 1.82) is 0 Å². The van der Waals surface area contributed by atoms with Crippen LogP contribution in [-0.4, -0.2) is 89.5 Å². The number of fused-ring (bicyclic) bond motifs is 5. The molecule has 2 saturated carbocycles. The fourth-order valence-corrected chi connectivity index (χ4v) is 8.71. The predicted molar refractivity (Wildman–Crippen MR) is 149 cm³/mol. The summed E-state index contributed by atoms with van der Waals surface area (Å²) in [5, 5.41) is 34.3. The fraction of sp³-hybridized carbons (Fsp3) is 0.656. The molecule has 3 aliphatic carbocycles. The molecule has 10 nitrogen and oxygen atoms in total. The number of rotatable bonds is 6. The van der Waals surface area contributed by atoms with Gasteiger partial charge in [0, 0.05) is 38.4 Å². The van der Waals surface area contributed by atoms with Crippen molar-refractivity contribution in [3.05, 3.63) is 47.0 Å². The Hall–Kier alpha value is -2.63. The van der Waals surface area contributed by atoms with Gasteiger partial charge in [0.25, 0.3) is 0 Å². The molecule has 0 amide bonds. The number of hydrogen-bond donors (Lipinski definition) is 3. The number of carbonyl (C=O) groups is 3. The van der Waals surface area contributed by atoms with Crippen LogP contribution in [0.1, 0.15) is 57.8 Å². The lowest BCUT2D eigenvalue weighted by atomic mass is 9.43. The number of esters is 2. The van der Waals surface area contributed by atoms with E-state index in [-0.39, 0.29) is 37.4 Å². The number of ether oxygens (including phenoxy) is 4. The standard InChI is InChI=1S/C32H42O10/c1-17-20(14-33)13-32(38)27(41-28(37)19-10-8-7-9-11-19)25-30(5,26(36)21(15-34)24(17)29(32,3)4)22(39-6)12-23-31(25,16-40-23)42-18(2)35/h7-11,20-23,25,27,33-34,38H,12-16H2,1-6H3/t20-,21-,22+,23-,25?,27+,30-,31+,32-/m1/s1. The quantitative estimate of drug-likeness (QED) is 0.335. The van der Waals surface area contributed by atoms with Crippen LogP contribution in [0.2, 0.25) is 0 Å². The van der Waals surface area contributed by atoms with Gasteiger partial charge in [-0.2, -0.15) is 0 Å². The van der Waals surface area contributed by atoms with E-state index in [4.69, 9.17) is 18.9 Å². The van der Waals surface area contributed by atoms with Crippen LogP contribution in [0.25, 0.3) is 0 Å². The van der Waals surface area contributed by atoms with Crippen molar-refractivity contribution >= 4 is 17.7 Å². The Labute approximate surface area is 246 Å². The molecule has 0 radical (unpaired) electrons. The second-order valence-corrected chi connectivity index (χ2v) is 13.1. The highest BCUT2D eigenvalue weighted by molar-refractivity contribution is 5.92. The fourth-order valence-electron chi connectivity index (χ4n) is 8.71. The van der Waals surface area contributed by atoms with E-state index >= 15 is 0 Å². The molecule has 0 aromatic heterocycles. The highest BCUT2D eigenvalue weighted by Crippen LogP contribution is 2.65. The highest BCUT2D eigenvalue weighted by atomic mass is 16.6. The molecule has 3 fully saturated rings. The Kier molecular flexibility index (Phi) is 7.72. The minimum absolute atomic E-state index is 0.00316. The Morgan fingerprint density at radius 2 is 1.76 bits per heavy atom. The van der Waals surface area contributed by atoms with Gasteiger partial charge in [-0.05, 0) is 38.0 Å². The summed E-state index contributed by atoms with van der Waals surface area (Å²) < 4.78 is 24.3. The van der Waals surface area contributed by atoms with Crippen LogP contribution in [0.4, 0.5) is 0 Å². The third-order valence-electron chi connectivity index (χ3n) is 10.9. The third kappa shape index (κ3) is 4.06. The van der Waals surface area contributed by atoms with Gasteiger partial charge in [-0.25, -0.2) is 4.79 Å². The topological polar surface area (TPSA) is 149 Å². The molecule has 5 rings (SSSR count). The molecule has 3 N–H and O–H groups in total. The molecule has 2 bridgehead atoms. The number of Topliss-reactive ketones (excluding diaryl/α,β-unsaturated/α-hetero) is 1. The zero-order chi connectivity index (χ0) is 30.8. The van der Waals surface area contributed by atoms with E-state index in [9.17, 15) is 29.7 Å². The number of benzene rings is 1. The first kappa shape index (κ1) is 30.8. The molecule has 1 heterocycles. The van der Waals surface area contributed by atoms with E-state index in [0.717, 1.165) is 0 Å². The average molecular weight is 587 g/mol. The van der Waals surface area contributed by atoms with Crippen LogP contribution < -0.4 is 0 Å². The van der Waals surface area contributed by atoms with Gasteiger partial charge in [-0.1, -0.05) is 37.6 Å². The SMILES string of the molecule is CO[C@H]1C[C@H]2OC[C@@]2(OC(C)=O)C2[C@H](OC(=O)c3ccccc3)[C@]3(O)C[C@H](CO)C(C)=C([C@@H](CO)C(=O)[C@@]21C)C3(C)C. The molecule has 1 aliphatic heterocycles. The molecule has 230 valence electrons. The maximum absolute atomic E-state index is 15.0. The third-order valence-corrected chi connectivity index (χ3v) is 10.9. The molecule has 9 atom stereocenters. The van der Waals surface area contributed by atoms with Crippen molar-refractivity contribution in [2.45, 2.75) is 77.0 Å². The van der Waals surface area contributed by atoms with Crippen molar-refractivity contribution < 1.29 is 48.7 Å². The van der Waals surface area contributed by atoms with Crippen molar-refractivity contribution in [3.63, 3.8) is 0 Å². The van der Waals surface area contributed by atoms with Crippen LogP contribution in [0.15, 0.2) is 41.5 Å². The van der Waals surface area contributed by atoms with Crippen LogP contribution in [0.3, 0.4) is 0 Å². The lowest BCUT2D eigenvalue weighted by molar-refractivity contribution is -0.346. The van der Waals surface area contributed by atoms with E-state index < -0.39 is 76.6 Å². The summed E-state index contributed by atoms with van der Waals surface area (Å²) in [5.74, 6) is -4.46. The number of carbonyl (C=O) groups excluding carboxylic acids is 3. The van der Waals surface area contributed by atoms with Crippen molar-refractivity contribution in [2.24, 2.45) is 28.6 Å². The van der Waals surface area contributed by atoms with Gasteiger partial charge in [-0.15, -0.1) is 0 Å². The molecule has 1 unspecified atom stereocenters. The molecule has 4 aliphatic rings. The Bertz CT molecular complexity index is 1290. The lowest BCUT2D eigenvalue weighted by Gasteiger charge is -2.68. The predicted octanol–water partition coefficient (Wildman–Crippen LogP) is 2.23. The number of ketones is 1. The molecular formula is C32H42O10. The second kappa shape index (κ2) is 10.5. The molecule has 1 aromatic carbocycles. The van der Waals surface area contributed by atoms with Crippen LogP contribution >= 0.6 is 0 Å². The van der Waals surface area contributed by atoms with Gasteiger partial charge >= 0.3 is 11.9 Å².